The van der Waals surface area contributed by atoms with Crippen LogP contribution >= 0.6 is 0 Å². The number of amides is 1. The molecule has 30 heavy (non-hydrogen) atoms. The third-order valence-electron chi connectivity index (χ3n) is 4.72. The van der Waals surface area contributed by atoms with Crippen LogP contribution in [-0.2, 0) is 12.6 Å². The van der Waals surface area contributed by atoms with Gasteiger partial charge in [0.25, 0.3) is 5.91 Å². The molecular formula is C22H15F3N2O3. The highest BCUT2D eigenvalue weighted by molar-refractivity contribution is 6.04. The summed E-state index contributed by atoms with van der Waals surface area (Å²) in [7, 11) is 0. The Morgan fingerprint density at radius 2 is 1.77 bits per heavy atom. The zero-order valence-corrected chi connectivity index (χ0v) is 15.5. The van der Waals surface area contributed by atoms with Crippen molar-refractivity contribution in [2.24, 2.45) is 0 Å². The van der Waals surface area contributed by atoms with Gasteiger partial charge < -0.3 is 10.1 Å². The number of fused-ring (bicyclic) bond motifs is 1. The van der Waals surface area contributed by atoms with E-state index in [0.29, 0.717) is 29.8 Å². The Morgan fingerprint density at radius 3 is 2.43 bits per heavy atom. The van der Waals surface area contributed by atoms with Crippen molar-refractivity contribution in [2.45, 2.75) is 19.0 Å². The van der Waals surface area contributed by atoms with E-state index in [-0.39, 0.29) is 17.2 Å². The third kappa shape index (κ3) is 4.03. The van der Waals surface area contributed by atoms with Gasteiger partial charge >= 0.3 is 6.18 Å². The van der Waals surface area contributed by atoms with Gasteiger partial charge in [-0.05, 0) is 42.8 Å². The number of nitrogens with one attached hydrogen (secondary N) is 1. The Kier molecular flexibility index (Phi) is 4.99. The quantitative estimate of drug-likeness (QED) is 0.634. The molecular weight excluding hydrogens is 397 g/mol. The molecule has 0 radical (unpaired) electrons. The first-order valence-corrected chi connectivity index (χ1v) is 9.09. The first-order valence-electron chi connectivity index (χ1n) is 9.09. The van der Waals surface area contributed by atoms with Crippen LogP contribution in [0.1, 0.15) is 38.3 Å². The number of anilines is 1. The van der Waals surface area contributed by atoms with E-state index < -0.39 is 17.6 Å². The monoisotopic (exact) mass is 412 g/mol. The van der Waals surface area contributed by atoms with Crippen molar-refractivity contribution < 1.29 is 27.5 Å². The molecule has 8 heteroatoms. The summed E-state index contributed by atoms with van der Waals surface area (Å²) in [5.74, 6) is 0.381. The number of rotatable bonds is 4. The van der Waals surface area contributed by atoms with E-state index in [4.69, 9.17) is 4.74 Å². The van der Waals surface area contributed by atoms with Crippen molar-refractivity contribution in [3.05, 3.63) is 83.0 Å². The lowest BCUT2D eigenvalue weighted by molar-refractivity contribution is -0.137. The molecule has 0 saturated heterocycles. The molecule has 0 atom stereocenters. The van der Waals surface area contributed by atoms with Crippen molar-refractivity contribution in [1.82, 2.24) is 4.98 Å². The van der Waals surface area contributed by atoms with Crippen LogP contribution < -0.4 is 10.1 Å². The molecule has 3 aromatic rings. The molecule has 0 aliphatic heterocycles. The maximum Gasteiger partial charge on any atom is 0.416 e. The number of carbonyl (C=O) groups is 2. The molecule has 1 N–H and O–H groups in total. The van der Waals surface area contributed by atoms with Crippen LogP contribution in [0.3, 0.4) is 0 Å². The summed E-state index contributed by atoms with van der Waals surface area (Å²) in [4.78, 5) is 28.2. The molecule has 0 spiro atoms. The number of alkyl halides is 3. The minimum Gasteiger partial charge on any atom is -0.439 e. The molecule has 1 aliphatic carbocycles. The summed E-state index contributed by atoms with van der Waals surface area (Å²) < 4.78 is 43.6. The van der Waals surface area contributed by atoms with Gasteiger partial charge in [0.2, 0.25) is 5.88 Å². The summed E-state index contributed by atoms with van der Waals surface area (Å²) in [6.07, 6.45) is -2.00. The molecule has 0 saturated carbocycles. The molecule has 0 bridgehead atoms. The number of Topliss-reactive ketones (excluding diaryl/α,β-unsaturated/α-hetero) is 1. The van der Waals surface area contributed by atoms with Crippen molar-refractivity contribution in [3.63, 3.8) is 0 Å². The molecule has 152 valence electrons. The predicted molar refractivity (Wildman–Crippen MR) is 103 cm³/mol. The smallest absolute Gasteiger partial charge is 0.416 e. The maximum absolute atomic E-state index is 12.6. The highest BCUT2D eigenvalue weighted by Gasteiger charge is 2.30. The van der Waals surface area contributed by atoms with Crippen LogP contribution in [0.15, 0.2) is 60.8 Å². The van der Waals surface area contributed by atoms with Gasteiger partial charge in [0.15, 0.2) is 5.78 Å². The number of hydrogen-bond acceptors (Lipinski definition) is 4. The van der Waals surface area contributed by atoms with Crippen molar-refractivity contribution in [3.8, 4) is 11.6 Å². The Morgan fingerprint density at radius 1 is 1.00 bits per heavy atom. The van der Waals surface area contributed by atoms with Gasteiger partial charge in [0.05, 0.1) is 17.4 Å². The second kappa shape index (κ2) is 7.62. The molecule has 1 aliphatic rings. The van der Waals surface area contributed by atoms with Gasteiger partial charge in [-0.2, -0.15) is 13.2 Å². The Bertz CT molecular complexity index is 1110. The Hall–Kier alpha value is -3.68. The zero-order chi connectivity index (χ0) is 21.3. The van der Waals surface area contributed by atoms with Crippen molar-refractivity contribution in [2.75, 3.05) is 5.32 Å². The summed E-state index contributed by atoms with van der Waals surface area (Å²) >= 11 is 0. The van der Waals surface area contributed by atoms with Gasteiger partial charge in [-0.15, -0.1) is 0 Å². The van der Waals surface area contributed by atoms with Crippen molar-refractivity contribution >= 4 is 17.4 Å². The minimum absolute atomic E-state index is 0.0877. The lowest BCUT2D eigenvalue weighted by Crippen LogP contribution is -2.13. The molecule has 1 aromatic heterocycles. The number of benzene rings is 2. The number of hydrogen-bond donors (Lipinski definition) is 1. The van der Waals surface area contributed by atoms with E-state index in [9.17, 15) is 22.8 Å². The van der Waals surface area contributed by atoms with Crippen LogP contribution in [0.25, 0.3) is 0 Å². The van der Waals surface area contributed by atoms with Gasteiger partial charge in [-0.25, -0.2) is 4.98 Å². The minimum atomic E-state index is -4.46. The number of nitrogens with zero attached hydrogens (tertiary/aromatic N) is 1. The van der Waals surface area contributed by atoms with E-state index in [1.807, 2.05) is 0 Å². The van der Waals surface area contributed by atoms with E-state index in [1.54, 1.807) is 30.3 Å². The summed E-state index contributed by atoms with van der Waals surface area (Å²) in [6, 6.07) is 12.3. The van der Waals surface area contributed by atoms with E-state index in [1.165, 1.54) is 6.20 Å². The van der Waals surface area contributed by atoms with Gasteiger partial charge in [0, 0.05) is 29.2 Å². The number of carbonyl (C=O) groups excluding carboxylic acids is 2. The predicted octanol–water partition coefficient (Wildman–Crippen LogP) is 5.27. The fourth-order valence-electron chi connectivity index (χ4n) is 3.19. The fraction of sp³-hybridized carbons (Fsp3) is 0.136. The van der Waals surface area contributed by atoms with Crippen molar-refractivity contribution in [1.29, 1.82) is 0 Å². The molecule has 5 nitrogen and oxygen atoms in total. The summed E-state index contributed by atoms with van der Waals surface area (Å²) in [5.41, 5.74) is 1.14. The number of ketones is 1. The van der Waals surface area contributed by atoms with E-state index >= 15 is 0 Å². The second-order valence-corrected chi connectivity index (χ2v) is 6.72. The molecule has 0 fully saturated rings. The number of aromatic nitrogens is 1. The highest BCUT2D eigenvalue weighted by atomic mass is 19.4. The lowest BCUT2D eigenvalue weighted by Gasteiger charge is -2.10. The normalized spacial score (nSPS) is 13.1. The van der Waals surface area contributed by atoms with Gasteiger partial charge in [-0.1, -0.05) is 12.1 Å². The summed E-state index contributed by atoms with van der Waals surface area (Å²) in [5, 5.41) is 2.57. The average Bonchev–Trinajstić information content (AvgIpc) is 3.11. The van der Waals surface area contributed by atoms with Crippen LogP contribution in [0, 0.1) is 0 Å². The second-order valence-electron chi connectivity index (χ2n) is 6.72. The van der Waals surface area contributed by atoms with Crippen LogP contribution in [0.5, 0.6) is 11.6 Å². The van der Waals surface area contributed by atoms with E-state index in [0.717, 1.165) is 29.8 Å². The number of halogens is 3. The first kappa shape index (κ1) is 19.6. The molecule has 1 heterocycles. The highest BCUT2D eigenvalue weighted by Crippen LogP contribution is 2.33. The molecule has 1 amide bonds. The van der Waals surface area contributed by atoms with Gasteiger partial charge in [-0.3, -0.25) is 9.59 Å². The van der Waals surface area contributed by atoms with E-state index in [2.05, 4.69) is 10.3 Å². The first-order chi connectivity index (χ1) is 14.3. The average molecular weight is 412 g/mol. The third-order valence-corrected chi connectivity index (χ3v) is 4.72. The molecule has 2 aromatic carbocycles. The topological polar surface area (TPSA) is 68.3 Å². The molecule has 4 rings (SSSR count). The summed E-state index contributed by atoms with van der Waals surface area (Å²) in [6.45, 7) is 0. The van der Waals surface area contributed by atoms with Crippen LogP contribution in [0.4, 0.5) is 18.9 Å². The van der Waals surface area contributed by atoms with Crippen LogP contribution in [0.2, 0.25) is 0 Å². The fourth-order valence-corrected chi connectivity index (χ4v) is 3.19. The Balaban J connectivity index is 1.43. The number of ether oxygens (including phenoxy) is 1. The zero-order valence-electron chi connectivity index (χ0n) is 15.5. The largest absolute Gasteiger partial charge is 0.439 e. The van der Waals surface area contributed by atoms with Crippen LogP contribution in [-0.4, -0.2) is 16.7 Å². The maximum atomic E-state index is 12.6. The Labute approximate surface area is 169 Å². The number of pyridine rings is 1. The molecule has 0 unspecified atom stereocenters. The standard InChI is InChI=1S/C22H15F3N2O3/c23-22(24,25)14-6-4-13(5-7-14)21(29)27-15-8-11-20(26-12-15)30-19-3-1-2-16-17(19)9-10-18(16)28/h1-8,11-12H,9-10H2,(H,27,29). The lowest BCUT2D eigenvalue weighted by atomic mass is 10.1. The van der Waals surface area contributed by atoms with Gasteiger partial charge in [0.1, 0.15) is 5.75 Å². The SMILES string of the molecule is O=C(Nc1ccc(Oc2cccc3c2CCC3=O)nc1)c1ccc(C(F)(F)F)cc1.